The molecule has 1 aliphatic heterocycles. The van der Waals surface area contributed by atoms with Gasteiger partial charge in [-0.15, -0.1) is 0 Å². The summed E-state index contributed by atoms with van der Waals surface area (Å²) in [6.07, 6.45) is 8.42. The van der Waals surface area contributed by atoms with Crippen LogP contribution in [-0.2, 0) is 6.42 Å². The highest BCUT2D eigenvalue weighted by Gasteiger charge is 2.30. The van der Waals surface area contributed by atoms with Crippen LogP contribution in [0.15, 0.2) is 67.0 Å². The molecule has 0 fully saturated rings. The van der Waals surface area contributed by atoms with E-state index in [1.807, 2.05) is 44.2 Å². The van der Waals surface area contributed by atoms with Gasteiger partial charge < -0.3 is 9.84 Å². The molecule has 2 heterocycles. The molecule has 1 atom stereocenters. The van der Waals surface area contributed by atoms with Crippen molar-refractivity contribution in [3.8, 4) is 11.5 Å². The largest absolute Gasteiger partial charge is 0.507 e. The maximum atomic E-state index is 13.1. The van der Waals surface area contributed by atoms with Crippen molar-refractivity contribution < 1.29 is 14.2 Å². The Labute approximate surface area is 183 Å². The van der Waals surface area contributed by atoms with E-state index in [2.05, 4.69) is 24.1 Å². The van der Waals surface area contributed by atoms with E-state index < -0.39 is 5.60 Å². The number of benzene rings is 2. The van der Waals surface area contributed by atoms with Gasteiger partial charge in [-0.25, -0.2) is 4.39 Å². The highest BCUT2D eigenvalue weighted by atomic mass is 19.1. The lowest BCUT2D eigenvalue weighted by Gasteiger charge is -2.32. The third kappa shape index (κ3) is 4.79. The Morgan fingerprint density at radius 2 is 1.77 bits per heavy atom. The minimum absolute atomic E-state index is 0.204. The number of hydrogen-bond acceptors (Lipinski definition) is 3. The smallest absolute Gasteiger partial charge is 0.132 e. The van der Waals surface area contributed by atoms with Gasteiger partial charge in [0, 0.05) is 12.4 Å². The maximum Gasteiger partial charge on any atom is 0.132 e. The van der Waals surface area contributed by atoms with Crippen LogP contribution in [0.25, 0.3) is 5.57 Å². The fraction of sp³-hybridized carbons (Fsp3) is 0.296. The molecule has 1 aromatic heterocycles. The van der Waals surface area contributed by atoms with E-state index >= 15 is 0 Å². The van der Waals surface area contributed by atoms with Crippen LogP contribution >= 0.6 is 0 Å². The zero-order valence-corrected chi connectivity index (χ0v) is 18.2. The van der Waals surface area contributed by atoms with Gasteiger partial charge in [-0.05, 0) is 104 Å². The van der Waals surface area contributed by atoms with Crippen molar-refractivity contribution >= 4 is 5.57 Å². The van der Waals surface area contributed by atoms with Crippen LogP contribution in [-0.4, -0.2) is 15.7 Å². The summed E-state index contributed by atoms with van der Waals surface area (Å²) in [4.78, 5) is 4.11. The van der Waals surface area contributed by atoms with Gasteiger partial charge in [0.15, 0.2) is 0 Å². The molecule has 0 saturated carbocycles. The van der Waals surface area contributed by atoms with E-state index in [9.17, 15) is 9.50 Å². The molecule has 0 spiro atoms. The van der Waals surface area contributed by atoms with Gasteiger partial charge in [-0.3, -0.25) is 4.98 Å². The number of hydrogen-bond donors (Lipinski definition) is 1. The van der Waals surface area contributed by atoms with Gasteiger partial charge in [0.05, 0.1) is 5.56 Å². The number of aryl methyl sites for hydroxylation is 1. The van der Waals surface area contributed by atoms with Crippen molar-refractivity contribution in [3.63, 3.8) is 0 Å². The Hall–Kier alpha value is -3.14. The quantitative estimate of drug-likeness (QED) is 0.488. The summed E-state index contributed by atoms with van der Waals surface area (Å²) in [5, 5.41) is 10.9. The van der Waals surface area contributed by atoms with Gasteiger partial charge >= 0.3 is 0 Å². The van der Waals surface area contributed by atoms with Gasteiger partial charge in [0.25, 0.3) is 0 Å². The molecular weight excluding hydrogens is 389 g/mol. The van der Waals surface area contributed by atoms with Crippen molar-refractivity contribution in [3.05, 3.63) is 95.1 Å². The highest BCUT2D eigenvalue weighted by molar-refractivity contribution is 5.87. The first-order valence-electron chi connectivity index (χ1n) is 10.8. The number of ether oxygens (including phenoxy) is 1. The molecule has 2 aromatic carbocycles. The topological polar surface area (TPSA) is 42.4 Å². The molecule has 31 heavy (non-hydrogen) atoms. The molecule has 3 nitrogen and oxygen atoms in total. The number of nitrogens with zero attached hydrogens (tertiary/aromatic N) is 1. The van der Waals surface area contributed by atoms with Crippen molar-refractivity contribution in [1.82, 2.24) is 4.98 Å². The molecule has 3 aromatic rings. The van der Waals surface area contributed by atoms with Crippen molar-refractivity contribution in [2.45, 2.75) is 51.6 Å². The fourth-order valence-electron chi connectivity index (χ4n) is 4.18. The number of phenolic OH excluding ortho intramolecular Hbond substituents is 1. The second-order valence-electron chi connectivity index (χ2n) is 8.83. The van der Waals surface area contributed by atoms with Crippen molar-refractivity contribution in [1.29, 1.82) is 0 Å². The Morgan fingerprint density at radius 3 is 2.48 bits per heavy atom. The molecule has 0 bridgehead atoms. The van der Waals surface area contributed by atoms with Gasteiger partial charge in [0.2, 0.25) is 0 Å². The maximum absolute atomic E-state index is 13.1. The zero-order chi connectivity index (χ0) is 22.0. The third-order valence-electron chi connectivity index (χ3n) is 5.81. The molecule has 0 aliphatic carbocycles. The van der Waals surface area contributed by atoms with E-state index in [-0.39, 0.29) is 17.5 Å². The summed E-state index contributed by atoms with van der Waals surface area (Å²) in [5.74, 6) is 1.000. The average Bonchev–Trinajstić information content (AvgIpc) is 2.74. The standard InChI is InChI=1S/C27H28FNO2/c1-18(5-4-6-19-7-9-22(28)10-8-19)21-15-24(30)26-23(20-11-13-29-14-12-20)17-27(2,3)31-25(26)16-21/h7-18,30H,4-6H2,1-3H3. The van der Waals surface area contributed by atoms with E-state index in [0.717, 1.165) is 47.1 Å². The molecule has 0 saturated heterocycles. The first-order chi connectivity index (χ1) is 14.8. The predicted molar refractivity (Wildman–Crippen MR) is 122 cm³/mol. The Kier molecular flexibility index (Phi) is 5.81. The van der Waals surface area contributed by atoms with E-state index in [1.165, 1.54) is 12.1 Å². The molecule has 1 unspecified atom stereocenters. The number of fused-ring (bicyclic) bond motifs is 1. The molecular formula is C27H28FNO2. The number of aromatic hydroxyl groups is 1. The molecule has 0 amide bonds. The minimum Gasteiger partial charge on any atom is -0.507 e. The molecule has 160 valence electrons. The summed E-state index contributed by atoms with van der Waals surface area (Å²) in [6, 6.07) is 14.5. The summed E-state index contributed by atoms with van der Waals surface area (Å²) >= 11 is 0. The summed E-state index contributed by atoms with van der Waals surface area (Å²) in [5.41, 5.74) is 4.40. The predicted octanol–water partition coefficient (Wildman–Crippen LogP) is 6.66. The lowest BCUT2D eigenvalue weighted by molar-refractivity contribution is 0.157. The number of phenols is 1. The van der Waals surface area contributed by atoms with Crippen LogP contribution in [0.5, 0.6) is 11.5 Å². The van der Waals surface area contributed by atoms with Gasteiger partial charge in [-0.2, -0.15) is 0 Å². The van der Waals surface area contributed by atoms with Gasteiger partial charge in [0.1, 0.15) is 22.9 Å². The number of aromatic nitrogens is 1. The van der Waals surface area contributed by atoms with E-state index in [4.69, 9.17) is 4.74 Å². The first-order valence-corrected chi connectivity index (χ1v) is 10.8. The summed E-state index contributed by atoms with van der Waals surface area (Å²) < 4.78 is 19.3. The normalized spacial score (nSPS) is 15.5. The molecule has 4 rings (SSSR count). The SMILES string of the molecule is CC(CCCc1ccc(F)cc1)c1cc(O)c2c(c1)OC(C)(C)C=C2c1ccncc1. The van der Waals surface area contributed by atoms with Crippen LogP contribution in [0.1, 0.15) is 61.8 Å². The second-order valence-corrected chi connectivity index (χ2v) is 8.83. The lowest BCUT2D eigenvalue weighted by atomic mass is 9.86. The Bertz CT molecular complexity index is 1090. The molecule has 0 radical (unpaired) electrons. The third-order valence-corrected chi connectivity index (χ3v) is 5.81. The van der Waals surface area contributed by atoms with Gasteiger partial charge in [-0.1, -0.05) is 19.1 Å². The number of pyridine rings is 1. The van der Waals surface area contributed by atoms with Crippen LogP contribution < -0.4 is 4.74 Å². The monoisotopic (exact) mass is 417 g/mol. The van der Waals surface area contributed by atoms with Crippen LogP contribution in [0.3, 0.4) is 0 Å². The zero-order valence-electron chi connectivity index (χ0n) is 18.2. The van der Waals surface area contributed by atoms with Crippen LogP contribution in [0, 0.1) is 5.82 Å². The Balaban J connectivity index is 1.56. The van der Waals surface area contributed by atoms with E-state index in [1.54, 1.807) is 12.4 Å². The molecule has 1 N–H and O–H groups in total. The summed E-state index contributed by atoms with van der Waals surface area (Å²) in [6.45, 7) is 6.21. The molecule has 4 heteroatoms. The second kappa shape index (κ2) is 8.54. The first kappa shape index (κ1) is 21.1. The fourth-order valence-corrected chi connectivity index (χ4v) is 4.18. The minimum atomic E-state index is -0.484. The average molecular weight is 418 g/mol. The van der Waals surface area contributed by atoms with E-state index in [0.29, 0.717) is 5.75 Å². The van der Waals surface area contributed by atoms with Crippen LogP contribution in [0.4, 0.5) is 4.39 Å². The number of rotatable bonds is 6. The van der Waals surface area contributed by atoms with Crippen molar-refractivity contribution in [2.24, 2.45) is 0 Å². The van der Waals surface area contributed by atoms with Crippen molar-refractivity contribution in [2.75, 3.05) is 0 Å². The Morgan fingerprint density at radius 1 is 1.06 bits per heavy atom. The van der Waals surface area contributed by atoms with Crippen LogP contribution in [0.2, 0.25) is 0 Å². The summed E-state index contributed by atoms with van der Waals surface area (Å²) in [7, 11) is 0. The number of halogens is 1. The highest BCUT2D eigenvalue weighted by Crippen LogP contribution is 2.45. The molecule has 1 aliphatic rings. The lowest BCUT2D eigenvalue weighted by Crippen LogP contribution is -2.29.